The zero-order valence-electron chi connectivity index (χ0n) is 11.0. The van der Waals surface area contributed by atoms with Crippen molar-refractivity contribution in [3.05, 3.63) is 39.4 Å². The number of halogens is 1. The van der Waals surface area contributed by atoms with Crippen LogP contribution >= 0.6 is 12.4 Å². The third-order valence-electron chi connectivity index (χ3n) is 4.05. The summed E-state index contributed by atoms with van der Waals surface area (Å²) in [5, 5.41) is 17.2. The number of para-hydroxylation sites is 1. The Morgan fingerprint density at radius 3 is 2.65 bits per heavy atom. The lowest BCUT2D eigenvalue weighted by Gasteiger charge is -2.09. The molecule has 3 rings (SSSR count). The number of carbonyl (C=O) groups is 1. The maximum atomic E-state index is 12.2. The molecule has 0 radical (unpaired) electrons. The maximum Gasteiger partial charge on any atom is 0.285 e. The van der Waals surface area contributed by atoms with Crippen molar-refractivity contribution >= 4 is 24.0 Å². The van der Waals surface area contributed by atoms with E-state index < -0.39 is 4.92 Å². The number of aryl methyl sites for hydroxylation is 1. The van der Waals surface area contributed by atoms with Gasteiger partial charge >= 0.3 is 0 Å². The molecule has 1 aromatic rings. The Bertz CT molecular complexity index is 554. The average Bonchev–Trinajstić information content (AvgIpc) is 2.82. The van der Waals surface area contributed by atoms with Crippen molar-refractivity contribution in [2.24, 2.45) is 11.8 Å². The summed E-state index contributed by atoms with van der Waals surface area (Å²) in [6.07, 6.45) is 0. The number of carbonyl (C=O) groups excluding carboxylic acids is 1. The molecule has 0 bridgehead atoms. The smallest absolute Gasteiger partial charge is 0.285 e. The minimum atomic E-state index is -0.487. The fourth-order valence-electron chi connectivity index (χ4n) is 2.95. The van der Waals surface area contributed by atoms with Gasteiger partial charge in [0, 0.05) is 24.7 Å². The van der Waals surface area contributed by atoms with Gasteiger partial charge in [-0.3, -0.25) is 14.9 Å². The predicted octanol–water partition coefficient (Wildman–Crippen LogP) is 1.27. The van der Waals surface area contributed by atoms with Gasteiger partial charge in [0.15, 0.2) is 0 Å². The molecule has 0 spiro atoms. The van der Waals surface area contributed by atoms with Gasteiger partial charge in [-0.2, -0.15) is 0 Å². The van der Waals surface area contributed by atoms with Crippen LogP contribution in [-0.4, -0.2) is 30.0 Å². The van der Waals surface area contributed by atoms with E-state index in [1.165, 1.54) is 6.07 Å². The number of nitro groups is 1. The Labute approximate surface area is 122 Å². The van der Waals surface area contributed by atoms with Crippen LogP contribution in [-0.2, 0) is 0 Å². The van der Waals surface area contributed by atoms with E-state index in [1.807, 2.05) is 0 Å². The predicted molar refractivity (Wildman–Crippen MR) is 76.2 cm³/mol. The monoisotopic (exact) mass is 297 g/mol. The highest BCUT2D eigenvalue weighted by Gasteiger charge is 2.53. The Hall–Kier alpha value is -1.66. The van der Waals surface area contributed by atoms with Gasteiger partial charge in [-0.25, -0.2) is 0 Å². The third kappa shape index (κ3) is 2.36. The summed E-state index contributed by atoms with van der Waals surface area (Å²) in [6.45, 7) is 3.49. The Balaban J connectivity index is 0.00000147. The van der Waals surface area contributed by atoms with Crippen LogP contribution in [0.25, 0.3) is 0 Å². The van der Waals surface area contributed by atoms with Crippen molar-refractivity contribution in [2.75, 3.05) is 13.1 Å². The first-order valence-electron chi connectivity index (χ1n) is 6.35. The first kappa shape index (κ1) is 14.7. The number of hydrogen-bond acceptors (Lipinski definition) is 4. The van der Waals surface area contributed by atoms with E-state index in [2.05, 4.69) is 10.6 Å². The normalized spacial score (nSPS) is 26.4. The molecule has 1 aliphatic carbocycles. The molecule has 1 heterocycles. The van der Waals surface area contributed by atoms with E-state index in [0.29, 0.717) is 17.4 Å². The van der Waals surface area contributed by atoms with Crippen molar-refractivity contribution in [3.63, 3.8) is 0 Å². The molecule has 2 aliphatic rings. The third-order valence-corrected chi connectivity index (χ3v) is 4.05. The van der Waals surface area contributed by atoms with Gasteiger partial charge < -0.3 is 10.6 Å². The lowest BCUT2D eigenvalue weighted by molar-refractivity contribution is -0.385. The van der Waals surface area contributed by atoms with Crippen LogP contribution in [0.4, 0.5) is 5.69 Å². The highest BCUT2D eigenvalue weighted by Crippen LogP contribution is 2.41. The molecule has 2 fully saturated rings. The van der Waals surface area contributed by atoms with E-state index >= 15 is 0 Å². The second kappa shape index (κ2) is 5.38. The molecule has 1 aromatic carbocycles. The quantitative estimate of drug-likeness (QED) is 0.650. The largest absolute Gasteiger partial charge is 0.348 e. The summed E-state index contributed by atoms with van der Waals surface area (Å²) in [6, 6.07) is 5.00. The average molecular weight is 298 g/mol. The SMILES string of the molecule is Cc1cccc(C(=O)NC2C3CNCC32)c1[N+](=O)[O-].Cl. The van der Waals surface area contributed by atoms with Crippen molar-refractivity contribution < 1.29 is 9.72 Å². The molecule has 108 valence electrons. The van der Waals surface area contributed by atoms with Gasteiger partial charge in [0.1, 0.15) is 5.56 Å². The molecular formula is C13H16ClN3O3. The fourth-order valence-corrected chi connectivity index (χ4v) is 2.95. The molecule has 0 aromatic heterocycles. The zero-order chi connectivity index (χ0) is 13.6. The lowest BCUT2D eigenvalue weighted by Crippen LogP contribution is -2.32. The summed E-state index contributed by atoms with van der Waals surface area (Å²) in [5.41, 5.74) is 0.571. The van der Waals surface area contributed by atoms with Gasteiger partial charge in [-0.15, -0.1) is 12.4 Å². The second-order valence-electron chi connectivity index (χ2n) is 5.21. The molecule has 20 heavy (non-hydrogen) atoms. The molecule has 1 amide bonds. The van der Waals surface area contributed by atoms with E-state index in [-0.39, 0.29) is 35.6 Å². The van der Waals surface area contributed by atoms with Crippen molar-refractivity contribution in [2.45, 2.75) is 13.0 Å². The van der Waals surface area contributed by atoms with Crippen LogP contribution in [0, 0.1) is 28.9 Å². The highest BCUT2D eigenvalue weighted by atomic mass is 35.5. The van der Waals surface area contributed by atoms with Gasteiger partial charge in [0.05, 0.1) is 4.92 Å². The molecule has 6 nitrogen and oxygen atoms in total. The summed E-state index contributed by atoms with van der Waals surface area (Å²) in [5.74, 6) is 0.649. The van der Waals surface area contributed by atoms with E-state index in [1.54, 1.807) is 19.1 Å². The van der Waals surface area contributed by atoms with Crippen molar-refractivity contribution in [1.82, 2.24) is 10.6 Å². The fraction of sp³-hybridized carbons (Fsp3) is 0.462. The number of nitrogens with one attached hydrogen (secondary N) is 2. The molecule has 2 atom stereocenters. The number of benzene rings is 1. The van der Waals surface area contributed by atoms with Crippen LogP contribution in [0.2, 0.25) is 0 Å². The number of amides is 1. The topological polar surface area (TPSA) is 84.3 Å². The summed E-state index contributed by atoms with van der Waals surface area (Å²) in [7, 11) is 0. The first-order chi connectivity index (χ1) is 9.09. The van der Waals surface area contributed by atoms with Gasteiger partial charge in [0.2, 0.25) is 0 Å². The Kier molecular flexibility index (Phi) is 3.96. The highest BCUT2D eigenvalue weighted by molar-refractivity contribution is 5.99. The lowest BCUT2D eigenvalue weighted by atomic mass is 10.1. The molecular weight excluding hydrogens is 282 g/mol. The molecule has 7 heteroatoms. The maximum absolute atomic E-state index is 12.2. The molecule has 2 N–H and O–H groups in total. The number of nitrogens with zero attached hydrogens (tertiary/aromatic N) is 1. The van der Waals surface area contributed by atoms with Gasteiger partial charge in [-0.1, -0.05) is 12.1 Å². The standard InChI is InChI=1S/C13H15N3O3.ClH/c1-7-3-2-4-8(12(7)16(18)19)13(17)15-11-9-5-14-6-10(9)11;/h2-4,9-11,14H,5-6H2,1H3,(H,15,17);1H. The van der Waals surface area contributed by atoms with Crippen LogP contribution in [0.1, 0.15) is 15.9 Å². The second-order valence-corrected chi connectivity index (χ2v) is 5.21. The summed E-state index contributed by atoms with van der Waals surface area (Å²) in [4.78, 5) is 22.7. The summed E-state index contributed by atoms with van der Waals surface area (Å²) < 4.78 is 0. The van der Waals surface area contributed by atoms with E-state index in [0.717, 1.165) is 13.1 Å². The number of fused-ring (bicyclic) bond motifs is 1. The zero-order valence-corrected chi connectivity index (χ0v) is 11.8. The van der Waals surface area contributed by atoms with Crippen LogP contribution < -0.4 is 10.6 Å². The number of nitro benzene ring substituents is 1. The molecule has 1 saturated carbocycles. The first-order valence-corrected chi connectivity index (χ1v) is 6.35. The number of rotatable bonds is 3. The summed E-state index contributed by atoms with van der Waals surface area (Å²) >= 11 is 0. The molecule has 1 saturated heterocycles. The van der Waals surface area contributed by atoms with Crippen LogP contribution in [0.15, 0.2) is 18.2 Å². The van der Waals surface area contributed by atoms with Gasteiger partial charge in [0.25, 0.3) is 11.6 Å². The minimum Gasteiger partial charge on any atom is -0.348 e. The van der Waals surface area contributed by atoms with Crippen molar-refractivity contribution in [1.29, 1.82) is 0 Å². The number of piperidine rings is 1. The Morgan fingerprint density at radius 1 is 1.40 bits per heavy atom. The Morgan fingerprint density at radius 2 is 2.05 bits per heavy atom. The molecule has 1 aliphatic heterocycles. The van der Waals surface area contributed by atoms with E-state index in [9.17, 15) is 14.9 Å². The van der Waals surface area contributed by atoms with Crippen molar-refractivity contribution in [3.8, 4) is 0 Å². The van der Waals surface area contributed by atoms with Crippen LogP contribution in [0.5, 0.6) is 0 Å². The van der Waals surface area contributed by atoms with Gasteiger partial charge in [-0.05, 0) is 24.8 Å². The van der Waals surface area contributed by atoms with E-state index in [4.69, 9.17) is 0 Å². The van der Waals surface area contributed by atoms with Crippen LogP contribution in [0.3, 0.4) is 0 Å². The number of hydrogen-bond donors (Lipinski definition) is 2. The molecule has 2 unspecified atom stereocenters. The minimum absolute atomic E-state index is 0.